The number of aliphatic carboxylic acids is 1. The van der Waals surface area contributed by atoms with Gasteiger partial charge in [0.15, 0.2) is 11.5 Å². The molecule has 1 rings (SSSR count). The SMILES string of the molecule is CC/C(=C\C(=O)O)c1ccc(OCC(C)C)c(OCC(C)C)c1. The van der Waals surface area contributed by atoms with Gasteiger partial charge in [-0.25, -0.2) is 4.79 Å². The van der Waals surface area contributed by atoms with Gasteiger partial charge in [-0.05, 0) is 41.5 Å². The maximum Gasteiger partial charge on any atom is 0.328 e. The third-order valence-electron chi connectivity index (χ3n) is 3.14. The third kappa shape index (κ3) is 6.76. The van der Waals surface area contributed by atoms with E-state index in [4.69, 9.17) is 14.6 Å². The van der Waals surface area contributed by atoms with Gasteiger partial charge >= 0.3 is 5.97 Å². The second-order valence-corrected chi connectivity index (χ2v) is 6.43. The number of carbonyl (C=O) groups is 1. The standard InChI is InChI=1S/C19H28O4/c1-6-15(10-19(20)21)16-7-8-17(22-11-13(2)3)18(9-16)23-12-14(4)5/h7-10,13-14H,6,11-12H2,1-5H3,(H,20,21)/b15-10+. The Hall–Kier alpha value is -1.97. The van der Waals surface area contributed by atoms with Crippen LogP contribution in [0.15, 0.2) is 24.3 Å². The van der Waals surface area contributed by atoms with Crippen molar-refractivity contribution >= 4 is 11.5 Å². The number of hydrogen-bond acceptors (Lipinski definition) is 3. The van der Waals surface area contributed by atoms with Gasteiger partial charge in [0.05, 0.1) is 13.2 Å². The molecule has 0 fully saturated rings. The maximum atomic E-state index is 11.0. The number of ether oxygens (including phenoxy) is 2. The van der Waals surface area contributed by atoms with Crippen LogP contribution in [0.3, 0.4) is 0 Å². The molecular formula is C19H28O4. The van der Waals surface area contributed by atoms with Gasteiger partial charge < -0.3 is 14.6 Å². The molecule has 0 aliphatic rings. The van der Waals surface area contributed by atoms with Gasteiger partial charge in [0, 0.05) is 6.08 Å². The molecule has 23 heavy (non-hydrogen) atoms. The molecule has 0 aliphatic heterocycles. The molecule has 0 aromatic heterocycles. The van der Waals surface area contributed by atoms with Gasteiger partial charge in [-0.15, -0.1) is 0 Å². The largest absolute Gasteiger partial charge is 0.489 e. The van der Waals surface area contributed by atoms with E-state index in [1.165, 1.54) is 6.08 Å². The van der Waals surface area contributed by atoms with Crippen LogP contribution in [-0.4, -0.2) is 24.3 Å². The summed E-state index contributed by atoms with van der Waals surface area (Å²) in [4.78, 5) is 11.0. The fraction of sp³-hybridized carbons (Fsp3) is 0.526. The number of benzene rings is 1. The molecule has 0 amide bonds. The van der Waals surface area contributed by atoms with Crippen LogP contribution in [0, 0.1) is 11.8 Å². The Morgan fingerprint density at radius 3 is 2.13 bits per heavy atom. The lowest BCUT2D eigenvalue weighted by molar-refractivity contribution is -0.131. The van der Waals surface area contributed by atoms with E-state index in [-0.39, 0.29) is 0 Å². The quantitative estimate of drug-likeness (QED) is 0.674. The molecule has 1 N–H and O–H groups in total. The van der Waals surface area contributed by atoms with Gasteiger partial charge in [-0.3, -0.25) is 0 Å². The lowest BCUT2D eigenvalue weighted by Gasteiger charge is -2.17. The average molecular weight is 320 g/mol. The van der Waals surface area contributed by atoms with Crippen LogP contribution >= 0.6 is 0 Å². The molecule has 0 aliphatic carbocycles. The van der Waals surface area contributed by atoms with Crippen molar-refractivity contribution in [2.45, 2.75) is 41.0 Å². The third-order valence-corrected chi connectivity index (χ3v) is 3.14. The highest BCUT2D eigenvalue weighted by Gasteiger charge is 2.11. The van der Waals surface area contributed by atoms with E-state index >= 15 is 0 Å². The predicted octanol–water partition coefficient (Wildman–Crippen LogP) is 4.63. The molecule has 4 heteroatoms. The molecule has 0 radical (unpaired) electrons. The van der Waals surface area contributed by atoms with Crippen molar-refractivity contribution in [1.29, 1.82) is 0 Å². The van der Waals surface area contributed by atoms with E-state index in [0.29, 0.717) is 43.0 Å². The Morgan fingerprint density at radius 1 is 1.09 bits per heavy atom. The molecule has 1 aromatic carbocycles. The summed E-state index contributed by atoms with van der Waals surface area (Å²) < 4.78 is 11.7. The molecule has 0 saturated carbocycles. The number of hydrogen-bond donors (Lipinski definition) is 1. The van der Waals surface area contributed by atoms with Crippen molar-refractivity contribution < 1.29 is 19.4 Å². The molecule has 1 aromatic rings. The predicted molar refractivity (Wildman–Crippen MR) is 93.0 cm³/mol. The van der Waals surface area contributed by atoms with E-state index in [0.717, 1.165) is 11.1 Å². The summed E-state index contributed by atoms with van der Waals surface area (Å²) in [6.07, 6.45) is 1.89. The number of allylic oxidation sites excluding steroid dienone is 1. The van der Waals surface area contributed by atoms with Gasteiger partial charge in [0.1, 0.15) is 0 Å². The zero-order chi connectivity index (χ0) is 17.4. The summed E-state index contributed by atoms with van der Waals surface area (Å²) in [5.41, 5.74) is 1.62. The second-order valence-electron chi connectivity index (χ2n) is 6.43. The average Bonchev–Trinajstić information content (AvgIpc) is 2.48. The smallest absolute Gasteiger partial charge is 0.328 e. The van der Waals surface area contributed by atoms with Gasteiger partial charge in [0.2, 0.25) is 0 Å². The number of carboxylic acid groups (broad SMARTS) is 1. The Bertz CT molecular complexity index is 544. The van der Waals surface area contributed by atoms with E-state index < -0.39 is 5.97 Å². The van der Waals surface area contributed by atoms with E-state index in [9.17, 15) is 4.79 Å². The van der Waals surface area contributed by atoms with E-state index in [1.54, 1.807) is 0 Å². The summed E-state index contributed by atoms with van der Waals surface area (Å²) >= 11 is 0. The highest BCUT2D eigenvalue weighted by Crippen LogP contribution is 2.32. The van der Waals surface area contributed by atoms with Crippen LogP contribution in [0.4, 0.5) is 0 Å². The Kier molecular flexibility index (Phi) is 7.66. The first-order valence-electron chi connectivity index (χ1n) is 8.17. The highest BCUT2D eigenvalue weighted by atomic mass is 16.5. The van der Waals surface area contributed by atoms with E-state index in [2.05, 4.69) is 27.7 Å². The molecule has 0 unspecified atom stereocenters. The van der Waals surface area contributed by atoms with Crippen molar-refractivity contribution in [3.05, 3.63) is 29.8 Å². The summed E-state index contributed by atoms with van der Waals surface area (Å²) in [5, 5.41) is 8.99. The fourth-order valence-electron chi connectivity index (χ4n) is 1.99. The Morgan fingerprint density at radius 2 is 1.65 bits per heavy atom. The lowest BCUT2D eigenvalue weighted by atomic mass is 10.0. The molecule has 0 atom stereocenters. The van der Waals surface area contributed by atoms with Gasteiger partial charge in [-0.2, -0.15) is 0 Å². The molecule has 128 valence electrons. The minimum absolute atomic E-state index is 0.400. The minimum atomic E-state index is -0.938. The van der Waals surface area contributed by atoms with Crippen LogP contribution in [0.5, 0.6) is 11.5 Å². The fourth-order valence-corrected chi connectivity index (χ4v) is 1.99. The van der Waals surface area contributed by atoms with Crippen LogP contribution in [0.2, 0.25) is 0 Å². The Labute approximate surface area is 139 Å². The first kappa shape index (κ1) is 19.1. The molecule has 0 heterocycles. The maximum absolute atomic E-state index is 11.0. The normalized spacial score (nSPS) is 11.9. The zero-order valence-corrected chi connectivity index (χ0v) is 14.8. The summed E-state index contributed by atoms with van der Waals surface area (Å²) in [6.45, 7) is 11.5. The number of rotatable bonds is 9. The molecule has 0 spiro atoms. The van der Waals surface area contributed by atoms with Crippen LogP contribution in [-0.2, 0) is 4.79 Å². The van der Waals surface area contributed by atoms with Gasteiger partial charge in [-0.1, -0.05) is 40.7 Å². The second kappa shape index (κ2) is 9.23. The van der Waals surface area contributed by atoms with E-state index in [1.807, 2.05) is 25.1 Å². The van der Waals surface area contributed by atoms with Crippen LogP contribution < -0.4 is 9.47 Å². The first-order valence-corrected chi connectivity index (χ1v) is 8.17. The lowest BCUT2D eigenvalue weighted by Crippen LogP contribution is -2.09. The van der Waals surface area contributed by atoms with Crippen molar-refractivity contribution in [1.82, 2.24) is 0 Å². The molecule has 4 nitrogen and oxygen atoms in total. The topological polar surface area (TPSA) is 55.8 Å². The highest BCUT2D eigenvalue weighted by molar-refractivity contribution is 5.90. The summed E-state index contributed by atoms with van der Waals surface area (Å²) in [6, 6.07) is 5.62. The van der Waals surface area contributed by atoms with Crippen molar-refractivity contribution in [3.63, 3.8) is 0 Å². The monoisotopic (exact) mass is 320 g/mol. The number of carboxylic acids is 1. The minimum Gasteiger partial charge on any atom is -0.489 e. The Balaban J connectivity index is 3.11. The first-order chi connectivity index (χ1) is 10.8. The van der Waals surface area contributed by atoms with Crippen molar-refractivity contribution in [2.75, 3.05) is 13.2 Å². The molecular weight excluding hydrogens is 292 g/mol. The molecule has 0 bridgehead atoms. The zero-order valence-electron chi connectivity index (χ0n) is 14.8. The van der Waals surface area contributed by atoms with Crippen LogP contribution in [0.1, 0.15) is 46.6 Å². The summed E-state index contributed by atoms with van der Waals surface area (Å²) in [7, 11) is 0. The summed E-state index contributed by atoms with van der Waals surface area (Å²) in [5.74, 6) is 1.25. The molecule has 0 saturated heterocycles. The van der Waals surface area contributed by atoms with Crippen molar-refractivity contribution in [3.8, 4) is 11.5 Å². The van der Waals surface area contributed by atoms with Gasteiger partial charge in [0.25, 0.3) is 0 Å². The van der Waals surface area contributed by atoms with Crippen molar-refractivity contribution in [2.24, 2.45) is 11.8 Å². The van der Waals surface area contributed by atoms with Crippen LogP contribution in [0.25, 0.3) is 5.57 Å².